The molecule has 2 amide bonds. The van der Waals surface area contributed by atoms with Gasteiger partial charge in [-0.3, -0.25) is 4.90 Å². The molecule has 0 aromatic heterocycles. The molecule has 6 unspecified atom stereocenters. The van der Waals surface area contributed by atoms with Crippen LogP contribution in [0, 0.1) is 23.6 Å². The van der Waals surface area contributed by atoms with Crippen LogP contribution in [0.3, 0.4) is 0 Å². The van der Waals surface area contributed by atoms with E-state index in [9.17, 15) is 24.2 Å². The molecule has 1 aliphatic heterocycles. The van der Waals surface area contributed by atoms with Crippen LogP contribution in [0.2, 0.25) is 0 Å². The average molecular weight is 800 g/mol. The van der Waals surface area contributed by atoms with E-state index in [2.05, 4.69) is 23.1 Å². The highest BCUT2D eigenvalue weighted by molar-refractivity contribution is 6.03. The summed E-state index contributed by atoms with van der Waals surface area (Å²) in [7, 11) is 2.78. The van der Waals surface area contributed by atoms with Crippen molar-refractivity contribution in [1.29, 1.82) is 0 Å². The van der Waals surface area contributed by atoms with E-state index in [4.69, 9.17) is 23.8 Å². The first-order valence-corrected chi connectivity index (χ1v) is 20.0. The van der Waals surface area contributed by atoms with Gasteiger partial charge in [0, 0.05) is 44.2 Å². The second-order valence-corrected chi connectivity index (χ2v) is 14.9. The average Bonchev–Trinajstić information content (AvgIpc) is 3.24. The number of ether oxygens (including phenoxy) is 4. The summed E-state index contributed by atoms with van der Waals surface area (Å²) in [4.78, 5) is 34.2. The van der Waals surface area contributed by atoms with Gasteiger partial charge in [0.05, 0.1) is 25.3 Å². The summed E-state index contributed by atoms with van der Waals surface area (Å²) >= 11 is 0. The Labute approximate surface area is 339 Å². The van der Waals surface area contributed by atoms with Gasteiger partial charge in [-0.2, -0.15) is 0 Å². The molecule has 3 N–H and O–H groups in total. The fourth-order valence-electron chi connectivity index (χ4n) is 8.94. The van der Waals surface area contributed by atoms with Crippen molar-refractivity contribution in [3.8, 4) is 11.5 Å². The lowest BCUT2D eigenvalue weighted by Gasteiger charge is -2.59. The smallest absolute Gasteiger partial charge is 0.412 e. The molecule has 0 spiro atoms. The number of carbonyl (C=O) groups is 2. The largest absolute Gasteiger partial charge is 0.459 e. The minimum absolute atomic E-state index is 0.0119. The lowest BCUT2D eigenvalue weighted by Crippen LogP contribution is -2.70. The number of carbonyl (C=O) groups excluding carboxylic acids is 2. The van der Waals surface area contributed by atoms with Gasteiger partial charge in [0.1, 0.15) is 30.5 Å². The second-order valence-electron chi connectivity index (χ2n) is 14.9. The third-order valence-corrected chi connectivity index (χ3v) is 11.4. The molecule has 58 heavy (non-hydrogen) atoms. The highest BCUT2D eigenvalue weighted by atomic mass is 19.1. The maximum Gasteiger partial charge on any atom is 0.412 e. The molecule has 6 rings (SSSR count). The summed E-state index contributed by atoms with van der Waals surface area (Å²) in [5.41, 5.74) is 3.84. The number of rotatable bonds is 18. The van der Waals surface area contributed by atoms with Crippen LogP contribution < -0.4 is 14.8 Å². The molecule has 3 aromatic rings. The van der Waals surface area contributed by atoms with E-state index in [0.717, 1.165) is 42.4 Å². The molecule has 0 radical (unpaired) electrons. The van der Waals surface area contributed by atoms with Crippen molar-refractivity contribution < 1.29 is 48.0 Å². The molecule has 6 atom stereocenters. The Kier molecular flexibility index (Phi) is 14.6. The van der Waals surface area contributed by atoms with Crippen molar-refractivity contribution in [3.63, 3.8) is 0 Å². The summed E-state index contributed by atoms with van der Waals surface area (Å²) in [6.45, 7) is 4.47. The number of amides is 2. The number of nitrogens with zero attached hydrogens (tertiary/aromatic N) is 2. The zero-order chi connectivity index (χ0) is 41.1. The monoisotopic (exact) mass is 799 g/mol. The summed E-state index contributed by atoms with van der Waals surface area (Å²) < 4.78 is 39.4. The predicted octanol–water partition coefficient (Wildman–Crippen LogP) is 7.65. The molecule has 1 saturated carbocycles. The lowest BCUT2D eigenvalue weighted by atomic mass is 9.55. The number of benzene rings is 3. The Morgan fingerprint density at radius 1 is 1.00 bits per heavy atom. The molecule has 1 fully saturated rings. The zero-order valence-corrected chi connectivity index (χ0v) is 33.2. The highest BCUT2D eigenvalue weighted by Gasteiger charge is 2.65. The van der Waals surface area contributed by atoms with Gasteiger partial charge in [-0.1, -0.05) is 72.6 Å². The first kappa shape index (κ1) is 42.4. The van der Waals surface area contributed by atoms with Crippen LogP contribution in [0.5, 0.6) is 11.5 Å². The number of hydrogen-bond donors (Lipinski definition) is 3. The van der Waals surface area contributed by atoms with E-state index in [0.29, 0.717) is 35.6 Å². The van der Waals surface area contributed by atoms with Crippen LogP contribution in [0.1, 0.15) is 67.6 Å². The molecule has 12 nitrogen and oxygen atoms in total. The van der Waals surface area contributed by atoms with Crippen molar-refractivity contribution in [2.24, 2.45) is 22.9 Å². The molecule has 310 valence electrons. The van der Waals surface area contributed by atoms with Gasteiger partial charge in [-0.05, 0) is 84.6 Å². The standard InChI is InChI=1S/C45H54FN3O9/c1-4-24-56-45-40(49(44(53)54-2)29-31-16-18-33(46)19-17-31)27-38(48-55-3)36-25-32(14-8-10-22-50)35(15-9-11-23-51)41(42(36)45)37-26-34(20-21-39(37)58-45)57-43(52)47-28-30-12-6-5-7-13-30/h4-7,12-13,16-21,25-26,32,35,40-42,50-51H,1,8-11,14-15,22-24,27-29H2,2-3H3,(H,47,52). The van der Waals surface area contributed by atoms with Crippen molar-refractivity contribution in [1.82, 2.24) is 10.2 Å². The number of aliphatic hydroxyl groups is 2. The molecule has 3 aromatic carbocycles. The fraction of sp³-hybridized carbons (Fsp3) is 0.444. The maximum atomic E-state index is 14.1. The van der Waals surface area contributed by atoms with Crippen molar-refractivity contribution in [2.75, 3.05) is 34.0 Å². The summed E-state index contributed by atoms with van der Waals surface area (Å²) in [5, 5.41) is 27.1. The molecule has 2 aliphatic carbocycles. The molecule has 1 heterocycles. The normalized spacial score (nSPS) is 23.7. The van der Waals surface area contributed by atoms with Crippen molar-refractivity contribution >= 4 is 17.9 Å². The number of nitrogens with one attached hydrogen (secondary N) is 1. The Morgan fingerprint density at radius 3 is 2.43 bits per heavy atom. The summed E-state index contributed by atoms with van der Waals surface area (Å²) in [6.07, 6.45) is 7.02. The molecule has 13 heteroatoms. The van der Waals surface area contributed by atoms with E-state index >= 15 is 0 Å². The van der Waals surface area contributed by atoms with Crippen molar-refractivity contribution in [2.45, 2.75) is 75.8 Å². The second kappa shape index (κ2) is 20.0. The van der Waals surface area contributed by atoms with Crippen LogP contribution in [-0.2, 0) is 27.4 Å². The summed E-state index contributed by atoms with van der Waals surface area (Å²) in [6, 6.07) is 19.9. The lowest BCUT2D eigenvalue weighted by molar-refractivity contribution is -0.256. The molecule has 0 saturated heterocycles. The van der Waals surface area contributed by atoms with Gasteiger partial charge in [-0.15, -0.1) is 6.58 Å². The van der Waals surface area contributed by atoms with Gasteiger partial charge in [0.2, 0.25) is 5.79 Å². The minimum Gasteiger partial charge on any atom is -0.459 e. The Morgan fingerprint density at radius 2 is 1.74 bits per heavy atom. The first-order valence-electron chi connectivity index (χ1n) is 20.0. The first-order chi connectivity index (χ1) is 28.3. The van der Waals surface area contributed by atoms with E-state index < -0.39 is 35.8 Å². The van der Waals surface area contributed by atoms with Gasteiger partial charge < -0.3 is 39.3 Å². The SMILES string of the molecule is C=CCOC12Oc3ccc(OC(=O)NCc4ccccc4)cc3C3C(CCCCO)C(CCCCO)C=C(C(=NOC)CC1N(Cc1ccc(F)cc1)C(=O)OC)C32. The van der Waals surface area contributed by atoms with E-state index in [1.165, 1.54) is 26.4 Å². The Balaban J connectivity index is 1.52. The maximum absolute atomic E-state index is 14.1. The Hall–Kier alpha value is -5.24. The number of oxime groups is 1. The van der Waals surface area contributed by atoms with Crippen LogP contribution in [-0.4, -0.2) is 78.9 Å². The quantitative estimate of drug-likeness (QED) is 0.0671. The number of hydrogen-bond acceptors (Lipinski definition) is 10. The number of allylic oxidation sites excluding steroid dienone is 1. The van der Waals surface area contributed by atoms with Gasteiger partial charge >= 0.3 is 12.2 Å². The van der Waals surface area contributed by atoms with Crippen LogP contribution in [0.25, 0.3) is 0 Å². The number of fused-ring (bicyclic) bond motifs is 2. The molecule has 0 bridgehead atoms. The van der Waals surface area contributed by atoms with Crippen LogP contribution in [0.15, 0.2) is 102 Å². The summed E-state index contributed by atoms with van der Waals surface area (Å²) in [5.74, 6) is -2.07. The van der Waals surface area contributed by atoms with E-state index in [1.807, 2.05) is 36.4 Å². The number of methoxy groups -OCH3 is 1. The third kappa shape index (κ3) is 9.38. The highest BCUT2D eigenvalue weighted by Crippen LogP contribution is 2.62. The van der Waals surface area contributed by atoms with E-state index in [-0.39, 0.29) is 57.1 Å². The number of aliphatic hydroxyl groups excluding tert-OH is 2. The van der Waals surface area contributed by atoms with Gasteiger partial charge in [-0.25, -0.2) is 14.0 Å². The fourth-order valence-corrected chi connectivity index (χ4v) is 8.94. The Bertz CT molecular complexity index is 1920. The number of unbranched alkanes of at least 4 members (excludes halogenated alkanes) is 2. The molecular weight excluding hydrogens is 746 g/mol. The minimum atomic E-state index is -1.53. The van der Waals surface area contributed by atoms with Crippen LogP contribution >= 0.6 is 0 Å². The molecule has 3 aliphatic rings. The number of halogens is 1. The van der Waals surface area contributed by atoms with Crippen molar-refractivity contribution in [3.05, 3.63) is 120 Å². The predicted molar refractivity (Wildman–Crippen MR) is 216 cm³/mol. The molecular formula is C45H54FN3O9. The van der Waals surface area contributed by atoms with E-state index in [1.54, 1.807) is 35.2 Å². The topological polar surface area (TPSA) is 148 Å². The third-order valence-electron chi connectivity index (χ3n) is 11.4. The zero-order valence-electron chi connectivity index (χ0n) is 33.2. The van der Waals surface area contributed by atoms with Crippen LogP contribution in [0.4, 0.5) is 14.0 Å². The van der Waals surface area contributed by atoms with Gasteiger partial charge in [0.15, 0.2) is 0 Å². The van der Waals surface area contributed by atoms with Gasteiger partial charge in [0.25, 0.3) is 0 Å².